The molecule has 0 bridgehead atoms. The Bertz CT molecular complexity index is 549. The first-order chi connectivity index (χ1) is 8.65. The van der Waals surface area contributed by atoms with E-state index in [9.17, 15) is 4.79 Å². The zero-order chi connectivity index (χ0) is 13.0. The van der Waals surface area contributed by atoms with Crippen LogP contribution in [0.25, 0.3) is 0 Å². The third kappa shape index (κ3) is 3.01. The van der Waals surface area contributed by atoms with Gasteiger partial charge in [0.15, 0.2) is 5.75 Å². The molecule has 2 aromatic carbocycles. The Morgan fingerprint density at radius 1 is 1.11 bits per heavy atom. The van der Waals surface area contributed by atoms with Gasteiger partial charge in [-0.25, -0.2) is 4.79 Å². The van der Waals surface area contributed by atoms with Crippen LogP contribution >= 0.6 is 0 Å². The molecule has 0 aromatic heterocycles. The van der Waals surface area contributed by atoms with Crippen LogP contribution in [0, 0.1) is 6.92 Å². The summed E-state index contributed by atoms with van der Waals surface area (Å²) in [6, 6.07) is 14.7. The average Bonchev–Trinajstić information content (AvgIpc) is 2.34. The molecule has 0 spiro atoms. The van der Waals surface area contributed by atoms with E-state index >= 15 is 0 Å². The number of aryl methyl sites for hydroxylation is 1. The van der Waals surface area contributed by atoms with E-state index in [1.54, 1.807) is 18.2 Å². The number of benzene rings is 2. The molecule has 0 saturated heterocycles. The minimum absolute atomic E-state index is 0.283. The summed E-state index contributed by atoms with van der Waals surface area (Å²) in [7, 11) is 0. The SMILES string of the molecule is Cc1ccc(Nc2ccccc2OC(=O)O)cc1. The van der Waals surface area contributed by atoms with Crippen molar-refractivity contribution >= 4 is 17.5 Å². The van der Waals surface area contributed by atoms with Crippen LogP contribution in [0.5, 0.6) is 5.75 Å². The van der Waals surface area contributed by atoms with Crippen molar-refractivity contribution in [3.8, 4) is 5.75 Å². The van der Waals surface area contributed by atoms with Crippen LogP contribution in [0.1, 0.15) is 5.56 Å². The van der Waals surface area contributed by atoms with Crippen molar-refractivity contribution in [1.29, 1.82) is 0 Å². The number of anilines is 2. The summed E-state index contributed by atoms with van der Waals surface area (Å²) in [5.74, 6) is 0.283. The van der Waals surface area contributed by atoms with Gasteiger partial charge in [-0.2, -0.15) is 0 Å². The van der Waals surface area contributed by atoms with E-state index in [1.807, 2.05) is 37.3 Å². The standard InChI is InChI=1S/C14H13NO3/c1-10-6-8-11(9-7-10)15-12-4-2-3-5-13(12)18-14(16)17/h2-9,15H,1H3,(H,16,17). The second-order valence-corrected chi connectivity index (χ2v) is 3.86. The lowest BCUT2D eigenvalue weighted by Gasteiger charge is -2.10. The molecule has 18 heavy (non-hydrogen) atoms. The second kappa shape index (κ2) is 5.23. The number of hydrogen-bond donors (Lipinski definition) is 2. The van der Waals surface area contributed by atoms with Crippen molar-refractivity contribution in [2.24, 2.45) is 0 Å². The molecule has 0 aliphatic rings. The number of carboxylic acid groups (broad SMARTS) is 1. The van der Waals surface area contributed by atoms with Crippen LogP contribution in [-0.2, 0) is 0 Å². The molecule has 2 N–H and O–H groups in total. The fourth-order valence-corrected chi connectivity index (χ4v) is 1.55. The van der Waals surface area contributed by atoms with Crippen LogP contribution in [0.2, 0.25) is 0 Å². The first-order valence-electron chi connectivity index (χ1n) is 5.48. The van der Waals surface area contributed by atoms with Gasteiger partial charge in [0.2, 0.25) is 0 Å². The lowest BCUT2D eigenvalue weighted by Crippen LogP contribution is -2.05. The Kier molecular flexibility index (Phi) is 3.48. The van der Waals surface area contributed by atoms with Crippen molar-refractivity contribution in [3.63, 3.8) is 0 Å². The molecule has 92 valence electrons. The Balaban J connectivity index is 2.23. The normalized spacial score (nSPS) is 9.83. The number of carbonyl (C=O) groups is 1. The first-order valence-corrected chi connectivity index (χ1v) is 5.48. The Morgan fingerprint density at radius 2 is 1.78 bits per heavy atom. The number of rotatable bonds is 3. The van der Waals surface area contributed by atoms with Crippen LogP contribution in [0.15, 0.2) is 48.5 Å². The monoisotopic (exact) mass is 243 g/mol. The predicted molar refractivity (Wildman–Crippen MR) is 69.6 cm³/mol. The lowest BCUT2D eigenvalue weighted by molar-refractivity contribution is 0.144. The molecule has 0 aliphatic carbocycles. The maximum absolute atomic E-state index is 10.6. The fraction of sp³-hybridized carbons (Fsp3) is 0.0714. The number of hydrogen-bond acceptors (Lipinski definition) is 3. The molecule has 2 aromatic rings. The maximum atomic E-state index is 10.6. The van der Waals surface area contributed by atoms with E-state index in [4.69, 9.17) is 9.84 Å². The molecule has 0 fully saturated rings. The van der Waals surface area contributed by atoms with Crippen LogP contribution < -0.4 is 10.1 Å². The summed E-state index contributed by atoms with van der Waals surface area (Å²) in [4.78, 5) is 10.6. The van der Waals surface area contributed by atoms with Crippen molar-refractivity contribution in [2.45, 2.75) is 6.92 Å². The van der Waals surface area contributed by atoms with Crippen LogP contribution in [-0.4, -0.2) is 11.3 Å². The molecule has 4 heteroatoms. The van der Waals surface area contributed by atoms with Gasteiger partial charge < -0.3 is 15.2 Å². The zero-order valence-corrected chi connectivity index (χ0v) is 9.88. The molecule has 0 amide bonds. The summed E-state index contributed by atoms with van der Waals surface area (Å²) >= 11 is 0. The zero-order valence-electron chi connectivity index (χ0n) is 9.88. The van der Waals surface area contributed by atoms with Gasteiger partial charge in [-0.05, 0) is 31.2 Å². The summed E-state index contributed by atoms with van der Waals surface area (Å²) in [5.41, 5.74) is 2.65. The third-order valence-electron chi connectivity index (χ3n) is 2.41. The van der Waals surface area contributed by atoms with Gasteiger partial charge in [-0.1, -0.05) is 29.8 Å². The van der Waals surface area contributed by atoms with Crippen LogP contribution in [0.4, 0.5) is 16.2 Å². The summed E-state index contributed by atoms with van der Waals surface area (Å²) < 4.78 is 4.70. The Morgan fingerprint density at radius 3 is 2.44 bits per heavy atom. The largest absolute Gasteiger partial charge is 0.511 e. The minimum Gasteiger partial charge on any atom is -0.449 e. The van der Waals surface area contributed by atoms with Gasteiger partial charge in [0.25, 0.3) is 0 Å². The molecule has 4 nitrogen and oxygen atoms in total. The fourth-order valence-electron chi connectivity index (χ4n) is 1.55. The lowest BCUT2D eigenvalue weighted by atomic mass is 10.2. The molecular weight excluding hydrogens is 230 g/mol. The highest BCUT2D eigenvalue weighted by atomic mass is 16.7. The first kappa shape index (κ1) is 12.0. The third-order valence-corrected chi connectivity index (χ3v) is 2.41. The van der Waals surface area contributed by atoms with E-state index < -0.39 is 6.16 Å². The van der Waals surface area contributed by atoms with Gasteiger partial charge in [0, 0.05) is 5.69 Å². The van der Waals surface area contributed by atoms with Crippen molar-refractivity contribution < 1.29 is 14.6 Å². The predicted octanol–water partition coefficient (Wildman–Crippen LogP) is 3.80. The second-order valence-electron chi connectivity index (χ2n) is 3.86. The quantitative estimate of drug-likeness (QED) is 0.636. The molecular formula is C14H13NO3. The van der Waals surface area contributed by atoms with E-state index in [0.29, 0.717) is 5.69 Å². The van der Waals surface area contributed by atoms with Crippen molar-refractivity contribution in [1.82, 2.24) is 0 Å². The molecule has 0 radical (unpaired) electrons. The highest BCUT2D eigenvalue weighted by Gasteiger charge is 2.06. The summed E-state index contributed by atoms with van der Waals surface area (Å²) in [6.45, 7) is 2.01. The van der Waals surface area contributed by atoms with Crippen molar-refractivity contribution in [3.05, 3.63) is 54.1 Å². The highest BCUT2D eigenvalue weighted by Crippen LogP contribution is 2.27. The maximum Gasteiger partial charge on any atom is 0.511 e. The smallest absolute Gasteiger partial charge is 0.449 e. The minimum atomic E-state index is -1.33. The molecule has 0 heterocycles. The van der Waals surface area contributed by atoms with E-state index in [2.05, 4.69) is 5.32 Å². The molecule has 0 unspecified atom stereocenters. The topological polar surface area (TPSA) is 58.6 Å². The van der Waals surface area contributed by atoms with Gasteiger partial charge in [-0.3, -0.25) is 0 Å². The highest BCUT2D eigenvalue weighted by molar-refractivity contribution is 5.71. The molecule has 0 saturated carbocycles. The van der Waals surface area contributed by atoms with Gasteiger partial charge in [-0.15, -0.1) is 0 Å². The molecule has 0 aliphatic heterocycles. The van der Waals surface area contributed by atoms with E-state index in [-0.39, 0.29) is 5.75 Å². The molecule has 2 rings (SSSR count). The van der Waals surface area contributed by atoms with Crippen molar-refractivity contribution in [2.75, 3.05) is 5.32 Å². The Hall–Kier alpha value is -2.49. The number of para-hydroxylation sites is 2. The van der Waals surface area contributed by atoms with E-state index in [0.717, 1.165) is 11.3 Å². The van der Waals surface area contributed by atoms with Gasteiger partial charge in [0.1, 0.15) is 0 Å². The summed E-state index contributed by atoms with van der Waals surface area (Å²) in [6.07, 6.45) is -1.33. The van der Waals surface area contributed by atoms with Crippen LogP contribution in [0.3, 0.4) is 0 Å². The number of nitrogens with one attached hydrogen (secondary N) is 1. The number of ether oxygens (including phenoxy) is 1. The van der Waals surface area contributed by atoms with E-state index in [1.165, 1.54) is 0 Å². The molecule has 0 atom stereocenters. The van der Waals surface area contributed by atoms with Gasteiger partial charge >= 0.3 is 6.16 Å². The Labute approximate surface area is 105 Å². The summed E-state index contributed by atoms with van der Waals surface area (Å²) in [5, 5.41) is 11.8. The average molecular weight is 243 g/mol. The van der Waals surface area contributed by atoms with Gasteiger partial charge in [0.05, 0.1) is 5.69 Å².